The van der Waals surface area contributed by atoms with Gasteiger partial charge >= 0.3 is 0 Å². The first-order valence-corrected chi connectivity index (χ1v) is 8.07. The zero-order chi connectivity index (χ0) is 18.1. The highest BCUT2D eigenvalue weighted by Crippen LogP contribution is 2.30. The Morgan fingerprint density at radius 1 is 1.08 bits per heavy atom. The number of carbonyl (C=O) groups is 1. The number of nitrogens with one attached hydrogen (secondary N) is 1. The molecule has 0 atom stereocenters. The van der Waals surface area contributed by atoms with Gasteiger partial charge in [0.2, 0.25) is 5.91 Å². The minimum absolute atomic E-state index is 0.101. The van der Waals surface area contributed by atoms with Crippen molar-refractivity contribution in [2.75, 3.05) is 27.7 Å². The summed E-state index contributed by atoms with van der Waals surface area (Å²) in [7, 11) is 5.52. The van der Waals surface area contributed by atoms with Gasteiger partial charge < -0.3 is 19.7 Å². The van der Waals surface area contributed by atoms with Crippen molar-refractivity contribution in [2.24, 2.45) is 0 Å². The molecule has 0 heterocycles. The first-order valence-electron chi connectivity index (χ1n) is 8.07. The third-order valence-corrected chi connectivity index (χ3v) is 3.43. The molecule has 0 fully saturated rings. The van der Waals surface area contributed by atoms with Crippen molar-refractivity contribution in [3.63, 3.8) is 0 Å². The average molecular weight is 340 g/mol. The molecule has 2 rings (SSSR count). The van der Waals surface area contributed by atoms with Gasteiger partial charge in [-0.2, -0.15) is 0 Å². The van der Waals surface area contributed by atoms with Gasteiger partial charge in [0.25, 0.3) is 0 Å². The summed E-state index contributed by atoms with van der Waals surface area (Å²) in [5.74, 6) is 1.96. The Bertz CT molecular complexity index is 709. The molecule has 0 bridgehead atoms. The molecule has 0 aliphatic rings. The zero-order valence-corrected chi connectivity index (χ0v) is 14.9. The minimum atomic E-state index is -0.101. The maximum atomic E-state index is 11.7. The summed E-state index contributed by atoms with van der Waals surface area (Å²) < 4.78 is 11.1. The Kier molecular flexibility index (Phi) is 7.04. The number of amides is 1. The van der Waals surface area contributed by atoms with Crippen molar-refractivity contribution in [1.82, 2.24) is 10.2 Å². The molecule has 0 aliphatic carbocycles. The van der Waals surface area contributed by atoms with Crippen molar-refractivity contribution in [3.05, 3.63) is 66.2 Å². The summed E-state index contributed by atoms with van der Waals surface area (Å²) in [6.07, 6.45) is 3.39. The predicted molar refractivity (Wildman–Crippen MR) is 99.1 cm³/mol. The molecule has 132 valence electrons. The zero-order valence-electron chi connectivity index (χ0n) is 14.9. The van der Waals surface area contributed by atoms with Crippen molar-refractivity contribution >= 4 is 5.91 Å². The molecule has 0 unspecified atom stereocenters. The highest BCUT2D eigenvalue weighted by molar-refractivity contribution is 5.87. The van der Waals surface area contributed by atoms with Crippen molar-refractivity contribution in [2.45, 2.75) is 6.54 Å². The lowest BCUT2D eigenvalue weighted by Gasteiger charge is -2.10. The Hall–Kier alpha value is -2.79. The molecular formula is C20H24N2O3. The van der Waals surface area contributed by atoms with E-state index in [1.807, 2.05) is 73.6 Å². The van der Waals surface area contributed by atoms with Gasteiger partial charge in [-0.05, 0) is 43.9 Å². The number of rotatable bonds is 8. The lowest BCUT2D eigenvalue weighted by molar-refractivity contribution is -0.116. The molecule has 5 nitrogen and oxygen atoms in total. The van der Waals surface area contributed by atoms with Gasteiger partial charge in [-0.15, -0.1) is 0 Å². The van der Waals surface area contributed by atoms with Gasteiger partial charge in [0.1, 0.15) is 5.75 Å². The van der Waals surface area contributed by atoms with Crippen LogP contribution >= 0.6 is 0 Å². The molecule has 0 aromatic heterocycles. The van der Waals surface area contributed by atoms with Gasteiger partial charge in [0.05, 0.1) is 7.11 Å². The van der Waals surface area contributed by atoms with Crippen LogP contribution in [0.15, 0.2) is 60.7 Å². The van der Waals surface area contributed by atoms with E-state index in [-0.39, 0.29) is 5.91 Å². The van der Waals surface area contributed by atoms with E-state index in [9.17, 15) is 4.79 Å². The maximum Gasteiger partial charge on any atom is 0.243 e. The van der Waals surface area contributed by atoms with E-state index in [0.717, 1.165) is 12.1 Å². The van der Waals surface area contributed by atoms with E-state index in [1.54, 1.807) is 13.2 Å². The highest BCUT2D eigenvalue weighted by Gasteiger charge is 2.04. The molecule has 0 aliphatic heterocycles. The summed E-state index contributed by atoms with van der Waals surface area (Å²) in [4.78, 5) is 13.7. The largest absolute Gasteiger partial charge is 0.493 e. The summed E-state index contributed by atoms with van der Waals surface area (Å²) in [6.45, 7) is 1.21. The standard InChI is InChI=1S/C20H24N2O3/c1-22(2)14-6-9-20(23)21-15-16-10-12-17(13-11-16)25-19-8-5-4-7-18(19)24-3/h4-13H,14-15H2,1-3H3,(H,21,23)/b9-6+. The van der Waals surface area contributed by atoms with E-state index in [2.05, 4.69) is 5.32 Å². The second-order valence-corrected chi connectivity index (χ2v) is 5.78. The van der Waals surface area contributed by atoms with E-state index < -0.39 is 0 Å². The quantitative estimate of drug-likeness (QED) is 0.750. The number of hydrogen-bond donors (Lipinski definition) is 1. The smallest absolute Gasteiger partial charge is 0.243 e. The van der Waals surface area contributed by atoms with Gasteiger partial charge in [-0.25, -0.2) is 0 Å². The molecule has 1 N–H and O–H groups in total. The van der Waals surface area contributed by atoms with Crippen molar-refractivity contribution in [1.29, 1.82) is 0 Å². The molecule has 0 saturated heterocycles. The van der Waals surface area contributed by atoms with Crippen LogP contribution in [0.5, 0.6) is 17.2 Å². The van der Waals surface area contributed by atoms with Gasteiger partial charge in [0.15, 0.2) is 11.5 Å². The van der Waals surface area contributed by atoms with Crippen LogP contribution in [0.2, 0.25) is 0 Å². The second kappa shape index (κ2) is 9.49. The Morgan fingerprint density at radius 2 is 1.76 bits per heavy atom. The fourth-order valence-corrected chi connectivity index (χ4v) is 2.12. The first-order chi connectivity index (χ1) is 12.1. The molecule has 2 aromatic carbocycles. The van der Waals surface area contributed by atoms with Crippen LogP contribution in [-0.4, -0.2) is 38.6 Å². The fourth-order valence-electron chi connectivity index (χ4n) is 2.12. The molecule has 0 spiro atoms. The molecule has 0 saturated carbocycles. The molecular weight excluding hydrogens is 316 g/mol. The van der Waals surface area contributed by atoms with Gasteiger partial charge in [0, 0.05) is 19.2 Å². The number of ether oxygens (including phenoxy) is 2. The van der Waals surface area contributed by atoms with Crippen LogP contribution in [0.25, 0.3) is 0 Å². The summed E-state index contributed by atoms with van der Waals surface area (Å²) in [5.41, 5.74) is 1.00. The summed E-state index contributed by atoms with van der Waals surface area (Å²) in [6, 6.07) is 15.1. The maximum absolute atomic E-state index is 11.7. The van der Waals surface area contributed by atoms with Gasteiger partial charge in [-0.3, -0.25) is 4.79 Å². The summed E-state index contributed by atoms with van der Waals surface area (Å²) in [5, 5.41) is 2.86. The van der Waals surface area contributed by atoms with Crippen LogP contribution < -0.4 is 14.8 Å². The second-order valence-electron chi connectivity index (χ2n) is 5.78. The predicted octanol–water partition coefficient (Wildman–Crippen LogP) is 3.22. The molecule has 1 amide bonds. The van der Waals surface area contributed by atoms with Crippen LogP contribution in [0, 0.1) is 0 Å². The number of likely N-dealkylation sites (N-methyl/N-ethyl adjacent to an activating group) is 1. The number of carbonyl (C=O) groups excluding carboxylic acids is 1. The number of para-hydroxylation sites is 2. The average Bonchev–Trinajstić information content (AvgIpc) is 2.61. The molecule has 5 heteroatoms. The lowest BCUT2D eigenvalue weighted by Crippen LogP contribution is -2.21. The van der Waals surface area contributed by atoms with E-state index in [0.29, 0.717) is 23.8 Å². The first kappa shape index (κ1) is 18.5. The van der Waals surface area contributed by atoms with Crippen LogP contribution in [0.4, 0.5) is 0 Å². The lowest BCUT2D eigenvalue weighted by atomic mass is 10.2. The normalized spacial score (nSPS) is 10.9. The number of benzene rings is 2. The van der Waals surface area contributed by atoms with Gasteiger partial charge in [-0.1, -0.05) is 30.3 Å². The molecule has 0 radical (unpaired) electrons. The van der Waals surface area contributed by atoms with E-state index >= 15 is 0 Å². The highest BCUT2D eigenvalue weighted by atomic mass is 16.5. The molecule has 25 heavy (non-hydrogen) atoms. The third kappa shape index (κ3) is 6.31. The Labute approximate surface area is 148 Å². The molecule has 2 aromatic rings. The van der Waals surface area contributed by atoms with E-state index in [1.165, 1.54) is 0 Å². The SMILES string of the molecule is COc1ccccc1Oc1ccc(CNC(=O)/C=C/CN(C)C)cc1. The Balaban J connectivity index is 1.87. The monoisotopic (exact) mass is 340 g/mol. The van der Waals surface area contributed by atoms with E-state index in [4.69, 9.17) is 9.47 Å². The number of methoxy groups -OCH3 is 1. The van der Waals surface area contributed by atoms with Crippen molar-refractivity contribution in [3.8, 4) is 17.2 Å². The number of hydrogen-bond acceptors (Lipinski definition) is 4. The van der Waals surface area contributed by atoms with Crippen LogP contribution in [0.1, 0.15) is 5.56 Å². The summed E-state index contributed by atoms with van der Waals surface area (Å²) >= 11 is 0. The van der Waals surface area contributed by atoms with Crippen LogP contribution in [-0.2, 0) is 11.3 Å². The third-order valence-electron chi connectivity index (χ3n) is 3.43. The van der Waals surface area contributed by atoms with Crippen LogP contribution in [0.3, 0.4) is 0 Å². The van der Waals surface area contributed by atoms with Crippen molar-refractivity contribution < 1.29 is 14.3 Å². The topological polar surface area (TPSA) is 50.8 Å². The minimum Gasteiger partial charge on any atom is -0.493 e. The fraction of sp³-hybridized carbons (Fsp3) is 0.250. The number of nitrogens with zero attached hydrogens (tertiary/aromatic N) is 1. The Morgan fingerprint density at radius 3 is 2.40 bits per heavy atom.